The van der Waals surface area contributed by atoms with Crippen LogP contribution in [-0.4, -0.2) is 28.4 Å². The van der Waals surface area contributed by atoms with Gasteiger partial charge in [-0.25, -0.2) is 0 Å². The van der Waals surface area contributed by atoms with Crippen molar-refractivity contribution in [1.82, 2.24) is 10.2 Å². The van der Waals surface area contributed by atoms with E-state index < -0.39 is 0 Å². The first-order valence-electron chi connectivity index (χ1n) is 10.0. The first kappa shape index (κ1) is 22.6. The summed E-state index contributed by atoms with van der Waals surface area (Å²) in [6, 6.07) is 5.71. The van der Waals surface area contributed by atoms with E-state index >= 15 is 0 Å². The zero-order valence-electron chi connectivity index (χ0n) is 17.5. The van der Waals surface area contributed by atoms with Gasteiger partial charge in [0.25, 0.3) is 0 Å². The highest BCUT2D eigenvalue weighted by atomic mass is 32.1. The van der Waals surface area contributed by atoms with Gasteiger partial charge in [-0.2, -0.15) is 0 Å². The van der Waals surface area contributed by atoms with E-state index in [2.05, 4.69) is 36.3 Å². The molecule has 0 aliphatic heterocycles. The second-order valence-electron chi connectivity index (χ2n) is 6.69. The predicted molar refractivity (Wildman–Crippen MR) is 121 cm³/mol. The molecule has 1 N–H and O–H groups in total. The summed E-state index contributed by atoms with van der Waals surface area (Å²) in [5.74, 6) is 1.41. The maximum Gasteiger partial charge on any atom is 0.210 e. The molecule has 0 saturated carbocycles. The van der Waals surface area contributed by atoms with Crippen LogP contribution in [0.4, 0.5) is 5.13 Å². The molecular formula is C21H31N3O2S2. The monoisotopic (exact) mass is 421 g/mol. The predicted octanol–water partition coefficient (Wildman–Crippen LogP) is 5.88. The quantitative estimate of drug-likeness (QED) is 0.457. The SMILES string of the molecule is CCOc1cccc(OCC)c1C(=S)Nc1nnc(CC(CC)(CC)CC)s1. The Bertz CT molecular complexity index is 740. The number of rotatable bonds is 11. The van der Waals surface area contributed by atoms with E-state index in [0.29, 0.717) is 40.2 Å². The summed E-state index contributed by atoms with van der Waals surface area (Å²) < 4.78 is 11.5. The molecule has 5 nitrogen and oxygen atoms in total. The van der Waals surface area contributed by atoms with Gasteiger partial charge in [0, 0.05) is 6.42 Å². The Kier molecular flexibility index (Phi) is 8.63. The number of ether oxygens (including phenoxy) is 2. The molecule has 1 heterocycles. The average molecular weight is 422 g/mol. The van der Waals surface area contributed by atoms with Crippen LogP contribution in [0.1, 0.15) is 64.5 Å². The van der Waals surface area contributed by atoms with E-state index in [9.17, 15) is 0 Å². The molecule has 0 spiro atoms. The van der Waals surface area contributed by atoms with Crippen molar-refractivity contribution in [1.29, 1.82) is 0 Å². The van der Waals surface area contributed by atoms with Crippen LogP contribution in [-0.2, 0) is 6.42 Å². The molecule has 0 aliphatic carbocycles. The van der Waals surface area contributed by atoms with Gasteiger partial charge in [0.05, 0.1) is 18.8 Å². The third-order valence-corrected chi connectivity index (χ3v) is 6.42. The van der Waals surface area contributed by atoms with Gasteiger partial charge in [-0.3, -0.25) is 0 Å². The van der Waals surface area contributed by atoms with Crippen LogP contribution < -0.4 is 14.8 Å². The molecule has 2 rings (SSSR count). The molecule has 2 aromatic rings. The molecule has 0 atom stereocenters. The van der Waals surface area contributed by atoms with Crippen molar-refractivity contribution < 1.29 is 9.47 Å². The molecule has 7 heteroatoms. The average Bonchev–Trinajstić information content (AvgIpc) is 3.13. The van der Waals surface area contributed by atoms with Gasteiger partial charge in [-0.05, 0) is 31.4 Å². The maximum absolute atomic E-state index is 5.76. The van der Waals surface area contributed by atoms with Gasteiger partial charge >= 0.3 is 0 Å². The van der Waals surface area contributed by atoms with Crippen molar-refractivity contribution in [2.45, 2.75) is 60.3 Å². The molecule has 0 amide bonds. The van der Waals surface area contributed by atoms with Crippen molar-refractivity contribution in [3.63, 3.8) is 0 Å². The molecule has 1 aromatic heterocycles. The highest BCUT2D eigenvalue weighted by Gasteiger charge is 2.26. The Hall–Kier alpha value is -1.73. The van der Waals surface area contributed by atoms with Crippen molar-refractivity contribution >= 4 is 33.7 Å². The molecule has 0 aliphatic rings. The largest absolute Gasteiger partial charge is 0.493 e. The number of hydrogen-bond acceptors (Lipinski definition) is 6. The molecular weight excluding hydrogens is 390 g/mol. The number of aromatic nitrogens is 2. The Labute approximate surface area is 177 Å². The lowest BCUT2D eigenvalue weighted by atomic mass is 9.77. The second kappa shape index (κ2) is 10.7. The zero-order valence-corrected chi connectivity index (χ0v) is 19.1. The first-order chi connectivity index (χ1) is 13.5. The lowest BCUT2D eigenvalue weighted by Gasteiger charge is -2.29. The molecule has 0 unspecified atom stereocenters. The van der Waals surface area contributed by atoms with Gasteiger partial charge in [0.15, 0.2) is 0 Å². The minimum absolute atomic E-state index is 0.293. The van der Waals surface area contributed by atoms with Crippen molar-refractivity contribution in [3.8, 4) is 11.5 Å². The van der Waals surface area contributed by atoms with Crippen LogP contribution in [0.5, 0.6) is 11.5 Å². The summed E-state index contributed by atoms with van der Waals surface area (Å²) >= 11 is 7.23. The van der Waals surface area contributed by atoms with Crippen molar-refractivity contribution in [3.05, 3.63) is 28.8 Å². The Balaban J connectivity index is 2.21. The van der Waals surface area contributed by atoms with E-state index in [1.165, 1.54) is 0 Å². The fraction of sp³-hybridized carbons (Fsp3) is 0.571. The molecule has 0 fully saturated rings. The summed E-state index contributed by atoms with van der Waals surface area (Å²) in [5, 5.41) is 13.7. The number of anilines is 1. The first-order valence-corrected chi connectivity index (χ1v) is 11.3. The standard InChI is InChI=1S/C21H31N3O2S2/c1-6-21(7-2,8-3)14-17-23-24-20(28-17)22-19(27)18-15(25-9-4)12-11-13-16(18)26-10-5/h11-13H,6-10,14H2,1-5H3,(H,22,24,27). The minimum Gasteiger partial charge on any atom is -0.493 e. The van der Waals surface area contributed by atoms with Gasteiger partial charge < -0.3 is 14.8 Å². The number of thiocarbonyl (C=S) groups is 1. The maximum atomic E-state index is 5.76. The number of hydrogen-bond donors (Lipinski definition) is 1. The van der Waals surface area contributed by atoms with E-state index in [0.717, 1.165) is 36.3 Å². The summed E-state index contributed by atoms with van der Waals surface area (Å²) in [7, 11) is 0. The Morgan fingerprint density at radius 2 is 1.57 bits per heavy atom. The van der Waals surface area contributed by atoms with Crippen LogP contribution >= 0.6 is 23.6 Å². The lowest BCUT2D eigenvalue weighted by Crippen LogP contribution is -2.20. The van der Waals surface area contributed by atoms with E-state index in [1.54, 1.807) is 11.3 Å². The summed E-state index contributed by atoms with van der Waals surface area (Å²) in [6.07, 6.45) is 4.36. The lowest BCUT2D eigenvalue weighted by molar-refractivity contribution is 0.248. The van der Waals surface area contributed by atoms with E-state index in [1.807, 2.05) is 32.0 Å². The number of benzene rings is 1. The highest BCUT2D eigenvalue weighted by Crippen LogP contribution is 2.36. The molecule has 1 aromatic carbocycles. The van der Waals surface area contributed by atoms with Crippen molar-refractivity contribution in [2.24, 2.45) is 5.41 Å². The fourth-order valence-electron chi connectivity index (χ4n) is 3.27. The van der Waals surface area contributed by atoms with E-state index in [4.69, 9.17) is 21.7 Å². The van der Waals surface area contributed by atoms with Crippen molar-refractivity contribution in [2.75, 3.05) is 18.5 Å². The van der Waals surface area contributed by atoms with Gasteiger partial charge in [0.1, 0.15) is 21.5 Å². The van der Waals surface area contributed by atoms with Gasteiger partial charge in [-0.1, -0.05) is 69.7 Å². The Morgan fingerprint density at radius 3 is 2.07 bits per heavy atom. The van der Waals surface area contributed by atoms with Gasteiger partial charge in [-0.15, -0.1) is 10.2 Å². The molecule has 154 valence electrons. The molecule has 0 bridgehead atoms. The third kappa shape index (κ3) is 5.41. The summed E-state index contributed by atoms with van der Waals surface area (Å²) in [5.41, 5.74) is 1.05. The van der Waals surface area contributed by atoms with Crippen LogP contribution in [0, 0.1) is 5.41 Å². The Morgan fingerprint density at radius 1 is 1.00 bits per heavy atom. The number of nitrogens with zero attached hydrogens (tertiary/aromatic N) is 2. The molecule has 28 heavy (non-hydrogen) atoms. The normalized spacial score (nSPS) is 11.3. The molecule has 0 saturated heterocycles. The molecule has 0 radical (unpaired) electrons. The van der Waals surface area contributed by atoms with E-state index in [-0.39, 0.29) is 0 Å². The summed E-state index contributed by atoms with van der Waals surface area (Å²) in [6.45, 7) is 11.8. The zero-order chi connectivity index (χ0) is 20.6. The highest BCUT2D eigenvalue weighted by molar-refractivity contribution is 7.81. The summed E-state index contributed by atoms with van der Waals surface area (Å²) in [4.78, 5) is 0.530. The number of nitrogens with one attached hydrogen (secondary N) is 1. The second-order valence-corrected chi connectivity index (χ2v) is 8.16. The van der Waals surface area contributed by atoms with Crippen LogP contribution in [0.15, 0.2) is 18.2 Å². The third-order valence-electron chi connectivity index (χ3n) is 5.28. The van der Waals surface area contributed by atoms with Gasteiger partial charge in [0.2, 0.25) is 5.13 Å². The topological polar surface area (TPSA) is 56.3 Å². The van der Waals surface area contributed by atoms with Crippen LogP contribution in [0.25, 0.3) is 0 Å². The van der Waals surface area contributed by atoms with Crippen LogP contribution in [0.3, 0.4) is 0 Å². The van der Waals surface area contributed by atoms with Crippen LogP contribution in [0.2, 0.25) is 0 Å². The smallest absolute Gasteiger partial charge is 0.210 e. The fourth-order valence-corrected chi connectivity index (χ4v) is 4.55. The minimum atomic E-state index is 0.293.